The minimum atomic E-state index is -3.66. The predicted molar refractivity (Wildman–Crippen MR) is 108 cm³/mol. The van der Waals surface area contributed by atoms with Gasteiger partial charge in [-0.2, -0.15) is 4.31 Å². The maximum absolute atomic E-state index is 13.0. The highest BCUT2D eigenvalue weighted by Crippen LogP contribution is 2.33. The Balaban J connectivity index is 1.43. The van der Waals surface area contributed by atoms with E-state index in [4.69, 9.17) is 9.47 Å². The van der Waals surface area contributed by atoms with Crippen LogP contribution in [-0.2, 0) is 16.4 Å². The summed E-state index contributed by atoms with van der Waals surface area (Å²) in [7, 11) is -3.66. The first kappa shape index (κ1) is 19.7. The van der Waals surface area contributed by atoms with Gasteiger partial charge in [-0.25, -0.2) is 8.42 Å². The summed E-state index contributed by atoms with van der Waals surface area (Å²) in [5.74, 6) is 0.936. The number of fused-ring (bicyclic) bond motifs is 1. The van der Waals surface area contributed by atoms with Crippen molar-refractivity contribution in [2.45, 2.75) is 18.2 Å². The first-order valence-corrected chi connectivity index (χ1v) is 11.2. The molecule has 0 radical (unpaired) electrons. The van der Waals surface area contributed by atoms with Gasteiger partial charge in [0.25, 0.3) is 5.91 Å². The molecule has 0 spiro atoms. The van der Waals surface area contributed by atoms with E-state index in [0.29, 0.717) is 43.4 Å². The normalized spacial score (nSPS) is 17.2. The number of ether oxygens (including phenoxy) is 2. The average molecular weight is 416 g/mol. The van der Waals surface area contributed by atoms with Crippen LogP contribution in [0.2, 0.25) is 0 Å². The molecule has 0 N–H and O–H groups in total. The van der Waals surface area contributed by atoms with E-state index in [1.807, 2.05) is 24.3 Å². The number of hydrogen-bond acceptors (Lipinski definition) is 5. The van der Waals surface area contributed by atoms with Crippen LogP contribution in [0.15, 0.2) is 47.4 Å². The summed E-state index contributed by atoms with van der Waals surface area (Å²) in [5, 5.41) is 0. The number of rotatable bonds is 4. The van der Waals surface area contributed by atoms with Crippen molar-refractivity contribution in [3.63, 3.8) is 0 Å². The number of aryl methyl sites for hydroxylation is 1. The van der Waals surface area contributed by atoms with Crippen molar-refractivity contribution < 1.29 is 22.7 Å². The molecule has 1 saturated heterocycles. The third kappa shape index (κ3) is 3.95. The fourth-order valence-electron chi connectivity index (χ4n) is 3.53. The first-order chi connectivity index (χ1) is 14.0. The Morgan fingerprint density at radius 2 is 1.59 bits per heavy atom. The molecule has 0 atom stereocenters. The van der Waals surface area contributed by atoms with Gasteiger partial charge >= 0.3 is 0 Å². The van der Waals surface area contributed by atoms with Crippen molar-refractivity contribution in [3.8, 4) is 11.5 Å². The first-order valence-electron chi connectivity index (χ1n) is 9.77. The second-order valence-corrected chi connectivity index (χ2v) is 8.99. The van der Waals surface area contributed by atoms with Crippen molar-refractivity contribution in [2.75, 3.05) is 39.4 Å². The van der Waals surface area contributed by atoms with Crippen molar-refractivity contribution >= 4 is 15.9 Å². The lowest BCUT2D eigenvalue weighted by molar-refractivity contribution is 0.0698. The molecular formula is C21H24N2O5S. The van der Waals surface area contributed by atoms with E-state index < -0.39 is 10.0 Å². The lowest BCUT2D eigenvalue weighted by atomic mass is 10.1. The number of piperazine rings is 1. The Kier molecular flexibility index (Phi) is 5.47. The molecule has 29 heavy (non-hydrogen) atoms. The molecule has 2 aliphatic heterocycles. The summed E-state index contributed by atoms with van der Waals surface area (Å²) in [5.41, 5.74) is 1.81. The molecule has 4 rings (SSSR count). The highest BCUT2D eigenvalue weighted by molar-refractivity contribution is 7.89. The van der Waals surface area contributed by atoms with Gasteiger partial charge < -0.3 is 14.4 Å². The van der Waals surface area contributed by atoms with Crippen LogP contribution in [0.25, 0.3) is 0 Å². The Hall–Kier alpha value is -2.58. The van der Waals surface area contributed by atoms with Crippen LogP contribution in [0, 0.1) is 0 Å². The van der Waals surface area contributed by atoms with Gasteiger partial charge in [-0.15, -0.1) is 0 Å². The molecule has 2 heterocycles. The van der Waals surface area contributed by atoms with E-state index in [2.05, 4.69) is 6.92 Å². The minimum Gasteiger partial charge on any atom is -0.486 e. The fraction of sp³-hybridized carbons (Fsp3) is 0.381. The minimum absolute atomic E-state index is 0.0657. The van der Waals surface area contributed by atoms with Crippen LogP contribution in [0.3, 0.4) is 0 Å². The zero-order valence-electron chi connectivity index (χ0n) is 16.3. The quantitative estimate of drug-likeness (QED) is 0.764. The maximum Gasteiger partial charge on any atom is 0.253 e. The van der Waals surface area contributed by atoms with Gasteiger partial charge in [-0.3, -0.25) is 4.79 Å². The topological polar surface area (TPSA) is 76.2 Å². The van der Waals surface area contributed by atoms with Crippen LogP contribution < -0.4 is 9.47 Å². The second-order valence-electron chi connectivity index (χ2n) is 7.05. The van der Waals surface area contributed by atoms with Crippen molar-refractivity contribution in [3.05, 3.63) is 53.6 Å². The van der Waals surface area contributed by atoms with Crippen LogP contribution in [0.1, 0.15) is 22.8 Å². The molecule has 2 aromatic carbocycles. The number of benzene rings is 2. The van der Waals surface area contributed by atoms with Gasteiger partial charge in [0.15, 0.2) is 11.5 Å². The number of amides is 1. The number of sulfonamides is 1. The Bertz CT molecular complexity index is 996. The largest absolute Gasteiger partial charge is 0.486 e. The molecule has 0 aromatic heterocycles. The fourth-order valence-corrected chi connectivity index (χ4v) is 4.97. The van der Waals surface area contributed by atoms with Crippen LogP contribution in [0.4, 0.5) is 0 Å². The lowest BCUT2D eigenvalue weighted by Gasteiger charge is -2.34. The molecular weight excluding hydrogens is 392 g/mol. The average Bonchev–Trinajstić information content (AvgIpc) is 2.78. The van der Waals surface area contributed by atoms with Crippen LogP contribution in [0.5, 0.6) is 11.5 Å². The van der Waals surface area contributed by atoms with Crippen molar-refractivity contribution in [2.24, 2.45) is 0 Å². The van der Waals surface area contributed by atoms with Crippen molar-refractivity contribution in [1.82, 2.24) is 9.21 Å². The molecule has 0 saturated carbocycles. The van der Waals surface area contributed by atoms with Gasteiger partial charge in [0, 0.05) is 37.8 Å². The summed E-state index contributed by atoms with van der Waals surface area (Å²) in [6, 6.07) is 12.2. The van der Waals surface area contributed by atoms with Crippen LogP contribution >= 0.6 is 0 Å². The van der Waals surface area contributed by atoms with Gasteiger partial charge in [0.1, 0.15) is 13.2 Å². The second kappa shape index (κ2) is 8.04. The Morgan fingerprint density at radius 1 is 0.931 bits per heavy atom. The highest BCUT2D eigenvalue weighted by atomic mass is 32.2. The Labute approximate surface area is 170 Å². The van der Waals surface area contributed by atoms with E-state index >= 15 is 0 Å². The van der Waals surface area contributed by atoms with E-state index in [0.717, 1.165) is 6.42 Å². The zero-order chi connectivity index (χ0) is 20.4. The van der Waals surface area contributed by atoms with E-state index in [9.17, 15) is 13.2 Å². The summed E-state index contributed by atoms with van der Waals surface area (Å²) >= 11 is 0. The molecule has 0 unspecified atom stereocenters. The molecule has 7 nitrogen and oxygen atoms in total. The standard InChI is InChI=1S/C21H24N2O5S/c1-2-16-3-5-17(6-4-16)21(24)22-9-11-23(12-10-22)29(25,26)18-7-8-19-20(15-18)28-14-13-27-19/h3-8,15H,2,9-14H2,1H3. The molecule has 2 aliphatic rings. The summed E-state index contributed by atoms with van der Waals surface area (Å²) < 4.78 is 38.4. The molecule has 0 bridgehead atoms. The SMILES string of the molecule is CCc1ccc(C(=O)N2CCN(S(=O)(=O)c3ccc4c(c3)OCCO4)CC2)cc1. The van der Waals surface area contributed by atoms with Crippen LogP contribution in [-0.4, -0.2) is 62.9 Å². The van der Waals surface area contributed by atoms with Gasteiger partial charge in [-0.05, 0) is 36.2 Å². The third-order valence-electron chi connectivity index (χ3n) is 5.29. The monoisotopic (exact) mass is 416 g/mol. The van der Waals surface area contributed by atoms with Crippen molar-refractivity contribution in [1.29, 1.82) is 0 Å². The van der Waals surface area contributed by atoms with E-state index in [-0.39, 0.29) is 23.9 Å². The Morgan fingerprint density at radius 3 is 2.24 bits per heavy atom. The third-order valence-corrected chi connectivity index (χ3v) is 7.18. The summed E-state index contributed by atoms with van der Waals surface area (Å²) in [4.78, 5) is 14.6. The van der Waals surface area contributed by atoms with Gasteiger partial charge in [0.05, 0.1) is 4.90 Å². The van der Waals surface area contributed by atoms with Gasteiger partial charge in [-0.1, -0.05) is 19.1 Å². The number of carbonyl (C=O) groups is 1. The van der Waals surface area contributed by atoms with E-state index in [1.165, 1.54) is 22.0 Å². The highest BCUT2D eigenvalue weighted by Gasteiger charge is 2.31. The lowest BCUT2D eigenvalue weighted by Crippen LogP contribution is -2.50. The molecule has 8 heteroatoms. The molecule has 0 aliphatic carbocycles. The maximum atomic E-state index is 13.0. The summed E-state index contributed by atoms with van der Waals surface area (Å²) in [6.45, 7) is 4.16. The van der Waals surface area contributed by atoms with E-state index in [1.54, 1.807) is 11.0 Å². The molecule has 2 aromatic rings. The zero-order valence-corrected chi connectivity index (χ0v) is 17.2. The number of hydrogen-bond donors (Lipinski definition) is 0. The number of nitrogens with zero attached hydrogens (tertiary/aromatic N) is 2. The van der Waals surface area contributed by atoms with Gasteiger partial charge in [0.2, 0.25) is 10.0 Å². The molecule has 1 amide bonds. The smallest absolute Gasteiger partial charge is 0.253 e. The predicted octanol–water partition coefficient (Wildman–Crippen LogP) is 2.17. The number of carbonyl (C=O) groups excluding carboxylic acids is 1. The molecule has 154 valence electrons. The summed E-state index contributed by atoms with van der Waals surface area (Å²) in [6.07, 6.45) is 0.921. The molecule has 1 fully saturated rings.